The van der Waals surface area contributed by atoms with Gasteiger partial charge in [0.1, 0.15) is 5.92 Å². The summed E-state index contributed by atoms with van der Waals surface area (Å²) in [5.41, 5.74) is 1.28. The van der Waals surface area contributed by atoms with Crippen LogP contribution in [0.25, 0.3) is 0 Å². The topological polar surface area (TPSA) is 80.7 Å². The van der Waals surface area contributed by atoms with Crippen LogP contribution in [0.15, 0.2) is 48.5 Å². The molecule has 2 aromatic carbocycles. The lowest BCUT2D eigenvalue weighted by atomic mass is 9.74. The Kier molecular flexibility index (Phi) is 5.16. The molecular weight excluding hydrogens is 332 g/mol. The third-order valence-corrected chi connectivity index (χ3v) is 4.80. The van der Waals surface area contributed by atoms with Gasteiger partial charge in [0.25, 0.3) is 0 Å². The zero-order valence-corrected chi connectivity index (χ0v) is 14.5. The molecule has 5 heteroatoms. The maximum Gasteiger partial charge on any atom is 0.161 e. The fourth-order valence-electron chi connectivity index (χ4n) is 3.46. The van der Waals surface area contributed by atoms with Gasteiger partial charge in [-0.25, -0.2) is 0 Å². The van der Waals surface area contributed by atoms with Gasteiger partial charge in [0.2, 0.25) is 0 Å². The Morgan fingerprint density at radius 2 is 1.69 bits per heavy atom. The van der Waals surface area contributed by atoms with Gasteiger partial charge in [0, 0.05) is 24.8 Å². The highest BCUT2D eigenvalue weighted by molar-refractivity contribution is 6.21. The smallest absolute Gasteiger partial charge is 0.161 e. The van der Waals surface area contributed by atoms with Gasteiger partial charge < -0.3 is 9.84 Å². The summed E-state index contributed by atoms with van der Waals surface area (Å²) in [6.07, 6.45) is 0.174. The molecule has 2 aromatic rings. The molecule has 1 saturated carbocycles. The van der Waals surface area contributed by atoms with Crippen LogP contribution in [-0.4, -0.2) is 29.6 Å². The minimum atomic E-state index is -1.24. The number of carbonyl (C=O) groups is 3. The van der Waals surface area contributed by atoms with Gasteiger partial charge in [-0.3, -0.25) is 14.4 Å². The van der Waals surface area contributed by atoms with Crippen LogP contribution in [0.1, 0.15) is 29.9 Å². The lowest BCUT2D eigenvalue weighted by Gasteiger charge is -2.26. The van der Waals surface area contributed by atoms with E-state index in [1.54, 1.807) is 18.2 Å². The Bertz CT molecular complexity index is 823. The highest BCUT2D eigenvalue weighted by Crippen LogP contribution is 2.34. The summed E-state index contributed by atoms with van der Waals surface area (Å²) in [4.78, 5) is 37.6. The van der Waals surface area contributed by atoms with E-state index >= 15 is 0 Å². The van der Waals surface area contributed by atoms with E-state index in [9.17, 15) is 19.5 Å². The second-order valence-electron chi connectivity index (χ2n) is 6.49. The van der Waals surface area contributed by atoms with E-state index in [-0.39, 0.29) is 48.2 Å². The normalized spacial score (nSPS) is 20.0. The first-order valence-corrected chi connectivity index (χ1v) is 8.49. The molecule has 0 spiro atoms. The highest BCUT2D eigenvalue weighted by Gasteiger charge is 2.40. The molecule has 3 rings (SSSR count). The van der Waals surface area contributed by atoms with Crippen molar-refractivity contribution in [1.29, 1.82) is 0 Å². The lowest BCUT2D eigenvalue weighted by Crippen LogP contribution is -2.38. The van der Waals surface area contributed by atoms with Crippen LogP contribution >= 0.6 is 0 Å². The maximum absolute atomic E-state index is 12.6. The molecule has 0 bridgehead atoms. The van der Waals surface area contributed by atoms with E-state index in [1.807, 2.05) is 30.3 Å². The third kappa shape index (κ3) is 3.52. The number of ether oxygens (including phenoxy) is 1. The van der Waals surface area contributed by atoms with E-state index in [4.69, 9.17) is 4.74 Å². The molecule has 1 aliphatic rings. The largest absolute Gasteiger partial charge is 0.504 e. The predicted molar refractivity (Wildman–Crippen MR) is 95.3 cm³/mol. The Hall–Kier alpha value is -2.95. The van der Waals surface area contributed by atoms with Crippen LogP contribution in [0.3, 0.4) is 0 Å². The van der Waals surface area contributed by atoms with Gasteiger partial charge in [-0.15, -0.1) is 0 Å². The van der Waals surface area contributed by atoms with Crippen molar-refractivity contribution in [2.45, 2.75) is 25.2 Å². The standard InChI is InChI=1S/C21H20O5/c1-26-19-9-5-8-14(21(19)25)10-16(22)20-17(23)11-15(12-18(20)24)13-6-3-2-4-7-13/h2-9,15,20,25H,10-12H2,1H3. The minimum absolute atomic E-state index is 0.138. The van der Waals surface area contributed by atoms with Crippen LogP contribution in [0.2, 0.25) is 0 Å². The summed E-state index contributed by atoms with van der Waals surface area (Å²) < 4.78 is 5.02. The number of para-hydroxylation sites is 1. The second kappa shape index (κ2) is 7.52. The van der Waals surface area contributed by atoms with Gasteiger partial charge in [-0.2, -0.15) is 0 Å². The van der Waals surface area contributed by atoms with Crippen molar-refractivity contribution in [2.24, 2.45) is 5.92 Å². The molecule has 0 radical (unpaired) electrons. The van der Waals surface area contributed by atoms with Crippen molar-refractivity contribution in [3.8, 4) is 11.5 Å². The van der Waals surface area contributed by atoms with Gasteiger partial charge in [0.15, 0.2) is 28.8 Å². The number of phenols is 1. The lowest BCUT2D eigenvalue weighted by molar-refractivity contribution is -0.142. The number of Topliss-reactive ketones (excluding diaryl/α,β-unsaturated/α-hetero) is 3. The number of ketones is 3. The van der Waals surface area contributed by atoms with Gasteiger partial charge in [0.05, 0.1) is 7.11 Å². The minimum Gasteiger partial charge on any atom is -0.504 e. The quantitative estimate of drug-likeness (QED) is 0.837. The molecule has 5 nitrogen and oxygen atoms in total. The average Bonchev–Trinajstić information content (AvgIpc) is 2.63. The molecule has 26 heavy (non-hydrogen) atoms. The fourth-order valence-corrected chi connectivity index (χ4v) is 3.46. The van der Waals surface area contributed by atoms with Gasteiger partial charge in [-0.1, -0.05) is 42.5 Å². The number of aromatic hydroxyl groups is 1. The number of benzene rings is 2. The third-order valence-electron chi connectivity index (χ3n) is 4.80. The molecule has 1 N–H and O–H groups in total. The van der Waals surface area contributed by atoms with E-state index in [0.717, 1.165) is 5.56 Å². The van der Waals surface area contributed by atoms with Crippen LogP contribution in [0.4, 0.5) is 0 Å². The van der Waals surface area contributed by atoms with Crippen LogP contribution in [0.5, 0.6) is 11.5 Å². The summed E-state index contributed by atoms with van der Waals surface area (Å²) >= 11 is 0. The molecule has 0 heterocycles. The summed E-state index contributed by atoms with van der Waals surface area (Å²) in [6.45, 7) is 0. The summed E-state index contributed by atoms with van der Waals surface area (Å²) in [7, 11) is 1.42. The first kappa shape index (κ1) is 17.9. The van der Waals surface area contributed by atoms with Gasteiger partial charge >= 0.3 is 0 Å². The Labute approximate surface area is 151 Å². The molecule has 1 fully saturated rings. The fraction of sp³-hybridized carbons (Fsp3) is 0.286. The van der Waals surface area contributed by atoms with E-state index in [2.05, 4.69) is 0 Å². The van der Waals surface area contributed by atoms with Crippen molar-refractivity contribution < 1.29 is 24.2 Å². The summed E-state index contributed by atoms with van der Waals surface area (Å²) in [5.74, 6) is -2.46. The Morgan fingerprint density at radius 3 is 2.31 bits per heavy atom. The van der Waals surface area contributed by atoms with Crippen molar-refractivity contribution >= 4 is 17.3 Å². The molecule has 0 unspecified atom stereocenters. The molecule has 0 aromatic heterocycles. The zero-order chi connectivity index (χ0) is 18.7. The molecular formula is C21H20O5. The van der Waals surface area contributed by atoms with E-state index in [1.165, 1.54) is 7.11 Å². The number of methoxy groups -OCH3 is 1. The first-order valence-electron chi connectivity index (χ1n) is 8.49. The first-order chi connectivity index (χ1) is 12.5. The zero-order valence-electron chi connectivity index (χ0n) is 14.5. The Morgan fingerprint density at radius 1 is 1.04 bits per heavy atom. The van der Waals surface area contributed by atoms with Crippen LogP contribution < -0.4 is 4.74 Å². The average molecular weight is 352 g/mol. The molecule has 0 amide bonds. The SMILES string of the molecule is COc1cccc(CC(=O)C2C(=O)CC(c3ccccc3)CC2=O)c1O. The maximum atomic E-state index is 12.6. The van der Waals surface area contributed by atoms with Crippen molar-refractivity contribution in [1.82, 2.24) is 0 Å². The second-order valence-corrected chi connectivity index (χ2v) is 6.49. The molecule has 0 atom stereocenters. The molecule has 0 saturated heterocycles. The highest BCUT2D eigenvalue weighted by atomic mass is 16.5. The number of phenolic OH excluding ortho intramolecular Hbond substituents is 1. The Balaban J connectivity index is 1.75. The van der Waals surface area contributed by atoms with Crippen molar-refractivity contribution in [3.05, 3.63) is 59.7 Å². The summed E-state index contributed by atoms with van der Waals surface area (Å²) in [5, 5.41) is 10.1. The molecule has 134 valence electrons. The molecule has 0 aliphatic heterocycles. The predicted octanol–water partition coefficient (Wildman–Crippen LogP) is 2.84. The van der Waals surface area contributed by atoms with Crippen LogP contribution in [-0.2, 0) is 20.8 Å². The molecule has 1 aliphatic carbocycles. The monoisotopic (exact) mass is 352 g/mol. The number of hydrogen-bond donors (Lipinski definition) is 1. The van der Waals surface area contributed by atoms with E-state index < -0.39 is 11.7 Å². The van der Waals surface area contributed by atoms with E-state index in [0.29, 0.717) is 5.56 Å². The number of rotatable bonds is 5. The van der Waals surface area contributed by atoms with Crippen LogP contribution in [0, 0.1) is 5.92 Å². The number of carbonyl (C=O) groups excluding carboxylic acids is 3. The van der Waals surface area contributed by atoms with Gasteiger partial charge in [-0.05, 0) is 17.5 Å². The van der Waals surface area contributed by atoms with Crippen molar-refractivity contribution in [2.75, 3.05) is 7.11 Å². The summed E-state index contributed by atoms with van der Waals surface area (Å²) in [6, 6.07) is 14.2. The van der Waals surface area contributed by atoms with Crippen molar-refractivity contribution in [3.63, 3.8) is 0 Å². The number of hydrogen-bond acceptors (Lipinski definition) is 5.